The molecule has 0 N–H and O–H groups in total. The highest BCUT2D eigenvalue weighted by Gasteiger charge is 2.23. The molecule has 0 aliphatic carbocycles. The minimum Gasteiger partial charge on any atom is -0.495 e. The molecule has 2 rings (SSSR count). The first-order valence-corrected chi connectivity index (χ1v) is 10.1. The second-order valence-electron chi connectivity index (χ2n) is 8.12. The smallest absolute Gasteiger partial charge is 0.252 e. The maximum absolute atomic E-state index is 12.9. The lowest BCUT2D eigenvalue weighted by atomic mass is 9.97. The van der Waals surface area contributed by atoms with E-state index in [0.717, 1.165) is 0 Å². The Morgan fingerprint density at radius 1 is 1.13 bits per heavy atom. The molecule has 0 spiro atoms. The number of halogens is 1. The molecule has 162 valence electrons. The number of carbonyl (C=O) groups excluding carboxylic acids is 2. The van der Waals surface area contributed by atoms with E-state index in [0.29, 0.717) is 40.5 Å². The van der Waals surface area contributed by atoms with Gasteiger partial charge in [-0.15, -0.1) is 0 Å². The fraction of sp³-hybridized carbons (Fsp3) is 0.435. The van der Waals surface area contributed by atoms with Crippen LogP contribution in [0.2, 0.25) is 5.02 Å². The van der Waals surface area contributed by atoms with Crippen molar-refractivity contribution >= 4 is 23.2 Å². The van der Waals surface area contributed by atoms with E-state index in [4.69, 9.17) is 21.1 Å². The van der Waals surface area contributed by atoms with Crippen LogP contribution in [0.15, 0.2) is 35.3 Å². The van der Waals surface area contributed by atoms with E-state index in [2.05, 4.69) is 0 Å². The number of nitrogens with zero attached hydrogens (tertiary/aromatic N) is 1. The van der Waals surface area contributed by atoms with Gasteiger partial charge in [0.1, 0.15) is 5.75 Å². The van der Waals surface area contributed by atoms with Gasteiger partial charge in [0.25, 0.3) is 5.56 Å². The molecule has 1 heterocycles. The van der Waals surface area contributed by atoms with Gasteiger partial charge in [-0.25, -0.2) is 0 Å². The number of hydrogen-bond acceptors (Lipinski definition) is 5. The third-order valence-electron chi connectivity index (χ3n) is 4.65. The van der Waals surface area contributed by atoms with Crippen LogP contribution in [-0.2, 0) is 9.53 Å². The van der Waals surface area contributed by atoms with Crippen LogP contribution in [0.3, 0.4) is 0 Å². The van der Waals surface area contributed by atoms with Crippen LogP contribution < -0.4 is 10.3 Å². The molecule has 1 unspecified atom stereocenters. The van der Waals surface area contributed by atoms with Crippen LogP contribution in [0.5, 0.6) is 5.75 Å². The topological polar surface area (TPSA) is 74.6 Å². The minimum atomic E-state index is -0.686. The number of Topliss-reactive ketones (excluding diaryl/α,β-unsaturated/α-hetero) is 2. The van der Waals surface area contributed by atoms with Crippen molar-refractivity contribution in [1.29, 1.82) is 0 Å². The van der Waals surface area contributed by atoms with Gasteiger partial charge in [0.15, 0.2) is 11.6 Å². The highest BCUT2D eigenvalue weighted by Crippen LogP contribution is 2.34. The Morgan fingerprint density at radius 3 is 2.33 bits per heavy atom. The third-order valence-corrected chi connectivity index (χ3v) is 4.88. The number of methoxy groups -OCH3 is 1. The number of rotatable bonds is 8. The predicted molar refractivity (Wildman–Crippen MR) is 118 cm³/mol. The van der Waals surface area contributed by atoms with E-state index in [1.165, 1.54) is 37.8 Å². The van der Waals surface area contributed by atoms with Gasteiger partial charge in [0, 0.05) is 28.8 Å². The van der Waals surface area contributed by atoms with Gasteiger partial charge in [-0.3, -0.25) is 14.4 Å². The number of ketones is 2. The van der Waals surface area contributed by atoms with Crippen LogP contribution in [-0.4, -0.2) is 35.5 Å². The maximum atomic E-state index is 12.9. The normalized spacial score (nSPS) is 12.5. The number of ether oxygens (including phenoxy) is 2. The summed E-state index contributed by atoms with van der Waals surface area (Å²) >= 11 is 6.13. The lowest BCUT2D eigenvalue weighted by Crippen LogP contribution is -2.30. The zero-order valence-corrected chi connectivity index (χ0v) is 19.0. The summed E-state index contributed by atoms with van der Waals surface area (Å²) in [4.78, 5) is 37.3. The van der Waals surface area contributed by atoms with Gasteiger partial charge in [-0.2, -0.15) is 0 Å². The molecule has 1 atom stereocenters. The second kappa shape index (κ2) is 9.58. The highest BCUT2D eigenvalue weighted by atomic mass is 35.5. The van der Waals surface area contributed by atoms with Crippen molar-refractivity contribution in [2.24, 2.45) is 0 Å². The summed E-state index contributed by atoms with van der Waals surface area (Å²) in [5, 5.41) is 0.433. The van der Waals surface area contributed by atoms with Crippen LogP contribution in [0.25, 0.3) is 11.1 Å². The molecule has 1 aromatic heterocycles. The van der Waals surface area contributed by atoms with Gasteiger partial charge < -0.3 is 14.0 Å². The molecule has 6 nitrogen and oxygen atoms in total. The molecule has 0 amide bonds. The Morgan fingerprint density at radius 2 is 1.80 bits per heavy atom. The maximum Gasteiger partial charge on any atom is 0.252 e. The Hall–Kier alpha value is -2.44. The number of pyridine rings is 1. The number of benzene rings is 1. The Balaban J connectivity index is 2.55. The Labute approximate surface area is 181 Å². The summed E-state index contributed by atoms with van der Waals surface area (Å²) in [5.74, 6) is 0.0489. The Bertz CT molecular complexity index is 1000. The highest BCUT2D eigenvalue weighted by molar-refractivity contribution is 6.31. The molecule has 0 bridgehead atoms. The Kier molecular flexibility index (Phi) is 7.61. The summed E-state index contributed by atoms with van der Waals surface area (Å²) in [6.45, 7) is 9.00. The molecule has 0 fully saturated rings. The summed E-state index contributed by atoms with van der Waals surface area (Å²) in [6, 6.07) is 5.55. The van der Waals surface area contributed by atoms with E-state index < -0.39 is 6.04 Å². The number of aromatic nitrogens is 1. The molecule has 30 heavy (non-hydrogen) atoms. The summed E-state index contributed by atoms with van der Waals surface area (Å²) in [7, 11) is 1.47. The SMILES string of the molecule is COc1cn(C(CCOC(C)(C)C)C(C)=O)c(=O)cc1-c1cc(Cl)ccc1C(C)=O. The molecule has 0 saturated carbocycles. The molecular formula is C23H28ClNO5. The third kappa shape index (κ3) is 5.80. The van der Waals surface area contributed by atoms with Crippen LogP contribution in [0.4, 0.5) is 0 Å². The fourth-order valence-electron chi connectivity index (χ4n) is 3.21. The molecule has 2 aromatic rings. The van der Waals surface area contributed by atoms with Gasteiger partial charge in [-0.05, 0) is 64.8 Å². The van der Waals surface area contributed by atoms with Crippen molar-refractivity contribution in [3.05, 3.63) is 51.4 Å². The average molecular weight is 434 g/mol. The second-order valence-corrected chi connectivity index (χ2v) is 8.56. The molecule has 0 radical (unpaired) electrons. The largest absolute Gasteiger partial charge is 0.495 e. The van der Waals surface area contributed by atoms with E-state index in [1.807, 2.05) is 20.8 Å². The van der Waals surface area contributed by atoms with Crippen molar-refractivity contribution in [2.75, 3.05) is 13.7 Å². The first-order chi connectivity index (χ1) is 13.9. The summed E-state index contributed by atoms with van der Waals surface area (Å²) in [5.41, 5.74) is 0.655. The predicted octanol–water partition coefficient (Wildman–Crippen LogP) is 4.72. The summed E-state index contributed by atoms with van der Waals surface area (Å²) < 4.78 is 12.6. The average Bonchev–Trinajstić information content (AvgIpc) is 2.64. The molecule has 0 saturated heterocycles. The number of carbonyl (C=O) groups is 2. The van der Waals surface area contributed by atoms with Crippen molar-refractivity contribution < 1.29 is 19.1 Å². The van der Waals surface area contributed by atoms with Crippen LogP contribution >= 0.6 is 11.6 Å². The number of hydrogen-bond donors (Lipinski definition) is 0. The summed E-state index contributed by atoms with van der Waals surface area (Å²) in [6.07, 6.45) is 1.86. The van der Waals surface area contributed by atoms with E-state index >= 15 is 0 Å². The van der Waals surface area contributed by atoms with Crippen LogP contribution in [0, 0.1) is 0 Å². The molecule has 1 aromatic carbocycles. The fourth-order valence-corrected chi connectivity index (χ4v) is 3.38. The van der Waals surface area contributed by atoms with Crippen molar-refractivity contribution in [3.63, 3.8) is 0 Å². The van der Waals surface area contributed by atoms with Crippen LogP contribution in [0.1, 0.15) is 57.4 Å². The van der Waals surface area contributed by atoms with Crippen molar-refractivity contribution in [3.8, 4) is 16.9 Å². The first kappa shape index (κ1) is 23.8. The molecule has 0 aliphatic rings. The van der Waals surface area contributed by atoms with E-state index in [1.54, 1.807) is 18.2 Å². The van der Waals surface area contributed by atoms with E-state index in [9.17, 15) is 14.4 Å². The van der Waals surface area contributed by atoms with E-state index in [-0.39, 0.29) is 22.7 Å². The lowest BCUT2D eigenvalue weighted by Gasteiger charge is -2.23. The molecular weight excluding hydrogens is 406 g/mol. The monoisotopic (exact) mass is 433 g/mol. The molecule has 7 heteroatoms. The van der Waals surface area contributed by atoms with Gasteiger partial charge >= 0.3 is 0 Å². The van der Waals surface area contributed by atoms with Gasteiger partial charge in [0.05, 0.1) is 24.9 Å². The lowest BCUT2D eigenvalue weighted by molar-refractivity contribution is -0.121. The molecule has 0 aliphatic heterocycles. The minimum absolute atomic E-state index is 0.156. The zero-order valence-electron chi connectivity index (χ0n) is 18.2. The first-order valence-electron chi connectivity index (χ1n) is 9.70. The van der Waals surface area contributed by atoms with Crippen molar-refractivity contribution in [1.82, 2.24) is 4.57 Å². The quantitative estimate of drug-likeness (QED) is 0.563. The zero-order chi connectivity index (χ0) is 22.6. The van der Waals surface area contributed by atoms with Gasteiger partial charge in [-0.1, -0.05) is 11.6 Å². The standard InChI is InChI=1S/C23H28ClNO5/c1-14(26)17-8-7-16(24)11-18(17)19-12-22(28)25(13-21(19)29-6)20(15(2)27)9-10-30-23(3,4)5/h7-8,11-13,20H,9-10H2,1-6H3. The van der Waals surface area contributed by atoms with Crippen molar-refractivity contribution in [2.45, 2.75) is 52.7 Å². The van der Waals surface area contributed by atoms with Gasteiger partial charge in [0.2, 0.25) is 0 Å².